The number of anilines is 1. The van der Waals surface area contributed by atoms with Crippen molar-refractivity contribution in [3.8, 4) is 0 Å². The summed E-state index contributed by atoms with van der Waals surface area (Å²) in [7, 11) is 0. The predicted octanol–water partition coefficient (Wildman–Crippen LogP) is 5.28. The van der Waals surface area contributed by atoms with E-state index >= 15 is 0 Å². The third-order valence-corrected chi connectivity index (χ3v) is 3.58. The first-order valence-corrected chi connectivity index (χ1v) is 7.05. The molecule has 0 aromatic heterocycles. The van der Waals surface area contributed by atoms with Gasteiger partial charge in [0.2, 0.25) is 0 Å². The number of nitrogens with one attached hydrogen (secondary N) is 1. The van der Waals surface area contributed by atoms with Crippen LogP contribution in [-0.2, 0) is 0 Å². The van der Waals surface area contributed by atoms with Crippen molar-refractivity contribution in [2.45, 2.75) is 46.5 Å². The number of aryl methyl sites for hydroxylation is 1. The zero-order valence-electron chi connectivity index (χ0n) is 11.2. The first-order valence-electron chi connectivity index (χ1n) is 6.67. The average Bonchev–Trinajstić information content (AvgIpc) is 2.33. The van der Waals surface area contributed by atoms with Gasteiger partial charge in [0.05, 0.1) is 10.7 Å². The summed E-state index contributed by atoms with van der Waals surface area (Å²) in [4.78, 5) is 0. The van der Waals surface area contributed by atoms with Crippen LogP contribution in [0.5, 0.6) is 0 Å². The zero-order chi connectivity index (χ0) is 12.7. The van der Waals surface area contributed by atoms with E-state index < -0.39 is 0 Å². The Bertz CT molecular complexity index is 336. The summed E-state index contributed by atoms with van der Waals surface area (Å²) in [6.07, 6.45) is 5.14. The predicted molar refractivity (Wildman–Crippen MR) is 78.0 cm³/mol. The van der Waals surface area contributed by atoms with E-state index in [2.05, 4.69) is 32.2 Å². The quantitative estimate of drug-likeness (QED) is 0.697. The van der Waals surface area contributed by atoms with E-state index in [-0.39, 0.29) is 0 Å². The van der Waals surface area contributed by atoms with Crippen molar-refractivity contribution >= 4 is 17.3 Å². The summed E-state index contributed by atoms with van der Waals surface area (Å²) in [5, 5.41) is 4.30. The Hall–Kier alpha value is -0.690. The molecule has 0 bridgehead atoms. The van der Waals surface area contributed by atoms with Gasteiger partial charge in [0.15, 0.2) is 0 Å². The highest BCUT2D eigenvalue weighted by atomic mass is 35.5. The van der Waals surface area contributed by atoms with Crippen LogP contribution in [0.15, 0.2) is 18.2 Å². The molecule has 2 heteroatoms. The third-order valence-electron chi connectivity index (χ3n) is 3.25. The first-order chi connectivity index (χ1) is 8.17. The van der Waals surface area contributed by atoms with E-state index in [4.69, 9.17) is 11.6 Å². The highest BCUT2D eigenvalue weighted by molar-refractivity contribution is 6.33. The molecule has 0 aliphatic heterocycles. The molecule has 1 nitrogen and oxygen atoms in total. The number of halogens is 1. The molecule has 1 aromatic rings. The molecule has 0 aliphatic carbocycles. The van der Waals surface area contributed by atoms with Gasteiger partial charge in [-0.3, -0.25) is 0 Å². The molecule has 0 amide bonds. The van der Waals surface area contributed by atoms with Crippen molar-refractivity contribution in [1.82, 2.24) is 0 Å². The van der Waals surface area contributed by atoms with Crippen molar-refractivity contribution in [2.75, 3.05) is 11.9 Å². The fraction of sp³-hybridized carbons (Fsp3) is 0.600. The smallest absolute Gasteiger partial charge is 0.0637 e. The summed E-state index contributed by atoms with van der Waals surface area (Å²) >= 11 is 6.16. The van der Waals surface area contributed by atoms with Crippen LogP contribution in [0.4, 0.5) is 5.69 Å². The van der Waals surface area contributed by atoms with E-state index in [0.717, 1.165) is 23.2 Å². The monoisotopic (exact) mass is 253 g/mol. The van der Waals surface area contributed by atoms with Gasteiger partial charge < -0.3 is 5.32 Å². The van der Waals surface area contributed by atoms with Crippen LogP contribution in [0.3, 0.4) is 0 Å². The van der Waals surface area contributed by atoms with Gasteiger partial charge in [-0.1, -0.05) is 50.8 Å². The van der Waals surface area contributed by atoms with Crippen molar-refractivity contribution in [2.24, 2.45) is 5.92 Å². The molecule has 1 atom stereocenters. The van der Waals surface area contributed by atoms with Crippen LogP contribution < -0.4 is 5.32 Å². The summed E-state index contributed by atoms with van der Waals surface area (Å²) in [6.45, 7) is 7.63. The average molecular weight is 254 g/mol. The second-order valence-electron chi connectivity index (χ2n) is 4.78. The Morgan fingerprint density at radius 2 is 2.06 bits per heavy atom. The largest absolute Gasteiger partial charge is 0.384 e. The zero-order valence-corrected chi connectivity index (χ0v) is 12.0. The molecule has 1 N–H and O–H groups in total. The van der Waals surface area contributed by atoms with Gasteiger partial charge in [-0.15, -0.1) is 0 Å². The Morgan fingerprint density at radius 3 is 2.71 bits per heavy atom. The molecular weight excluding hydrogens is 230 g/mol. The molecule has 0 saturated carbocycles. The second-order valence-corrected chi connectivity index (χ2v) is 5.19. The van der Waals surface area contributed by atoms with Gasteiger partial charge in [0, 0.05) is 6.54 Å². The number of hydrogen-bond acceptors (Lipinski definition) is 1. The summed E-state index contributed by atoms with van der Waals surface area (Å²) in [5.74, 6) is 0.756. The molecule has 0 aliphatic rings. The lowest BCUT2D eigenvalue weighted by atomic mass is 9.99. The molecule has 1 rings (SSSR count). The van der Waals surface area contributed by atoms with Crippen molar-refractivity contribution in [3.63, 3.8) is 0 Å². The number of rotatable bonds is 7. The minimum Gasteiger partial charge on any atom is -0.384 e. The van der Waals surface area contributed by atoms with Gasteiger partial charge in [0.1, 0.15) is 0 Å². The standard InChI is InChI=1S/C15H24ClN/c1-4-6-7-13(5-2)11-17-15-10-12(3)8-9-14(15)16/h8-10,13,17H,4-7,11H2,1-3H3. The van der Waals surface area contributed by atoms with E-state index in [0.29, 0.717) is 0 Å². The van der Waals surface area contributed by atoms with Gasteiger partial charge in [-0.25, -0.2) is 0 Å². The minimum absolute atomic E-state index is 0.756. The lowest BCUT2D eigenvalue weighted by Gasteiger charge is -2.17. The van der Waals surface area contributed by atoms with Crippen molar-refractivity contribution in [1.29, 1.82) is 0 Å². The van der Waals surface area contributed by atoms with Crippen LogP contribution in [0, 0.1) is 12.8 Å². The van der Waals surface area contributed by atoms with Crippen LogP contribution in [-0.4, -0.2) is 6.54 Å². The van der Waals surface area contributed by atoms with Gasteiger partial charge in [-0.2, -0.15) is 0 Å². The molecule has 0 fully saturated rings. The number of benzene rings is 1. The lowest BCUT2D eigenvalue weighted by Crippen LogP contribution is -2.13. The van der Waals surface area contributed by atoms with Crippen LogP contribution in [0.25, 0.3) is 0 Å². The number of hydrogen-bond donors (Lipinski definition) is 1. The molecule has 96 valence electrons. The Morgan fingerprint density at radius 1 is 1.29 bits per heavy atom. The maximum atomic E-state index is 6.16. The highest BCUT2D eigenvalue weighted by Gasteiger charge is 2.07. The van der Waals surface area contributed by atoms with E-state index in [1.807, 2.05) is 12.1 Å². The molecule has 0 saturated heterocycles. The fourth-order valence-corrected chi connectivity index (χ4v) is 2.16. The number of unbranched alkanes of at least 4 members (excludes halogenated alkanes) is 1. The minimum atomic E-state index is 0.756. The second kappa shape index (κ2) is 7.60. The Labute approximate surface area is 111 Å². The fourth-order valence-electron chi connectivity index (χ4n) is 1.97. The summed E-state index contributed by atoms with van der Waals surface area (Å²) < 4.78 is 0. The van der Waals surface area contributed by atoms with Gasteiger partial charge >= 0.3 is 0 Å². The first kappa shape index (κ1) is 14.4. The normalized spacial score (nSPS) is 12.5. The molecule has 1 unspecified atom stereocenters. The van der Waals surface area contributed by atoms with Gasteiger partial charge in [0.25, 0.3) is 0 Å². The molecule has 0 spiro atoms. The van der Waals surface area contributed by atoms with E-state index in [1.165, 1.54) is 31.2 Å². The third kappa shape index (κ3) is 4.99. The van der Waals surface area contributed by atoms with Crippen molar-refractivity contribution < 1.29 is 0 Å². The maximum Gasteiger partial charge on any atom is 0.0637 e. The topological polar surface area (TPSA) is 12.0 Å². The SMILES string of the molecule is CCCCC(CC)CNc1cc(C)ccc1Cl. The molecule has 17 heavy (non-hydrogen) atoms. The Kier molecular flexibility index (Phi) is 6.43. The molecule has 0 heterocycles. The summed E-state index contributed by atoms with van der Waals surface area (Å²) in [6, 6.07) is 6.13. The maximum absolute atomic E-state index is 6.16. The van der Waals surface area contributed by atoms with Crippen LogP contribution in [0.1, 0.15) is 45.1 Å². The highest BCUT2D eigenvalue weighted by Crippen LogP contribution is 2.23. The summed E-state index contributed by atoms with van der Waals surface area (Å²) in [5.41, 5.74) is 2.32. The van der Waals surface area contributed by atoms with Gasteiger partial charge in [-0.05, 0) is 37.0 Å². The van der Waals surface area contributed by atoms with E-state index in [1.54, 1.807) is 0 Å². The molecule has 0 radical (unpaired) electrons. The van der Waals surface area contributed by atoms with Crippen LogP contribution in [0.2, 0.25) is 5.02 Å². The van der Waals surface area contributed by atoms with Crippen LogP contribution >= 0.6 is 11.6 Å². The van der Waals surface area contributed by atoms with Crippen molar-refractivity contribution in [3.05, 3.63) is 28.8 Å². The lowest BCUT2D eigenvalue weighted by molar-refractivity contribution is 0.473. The van der Waals surface area contributed by atoms with E-state index in [9.17, 15) is 0 Å². The molecule has 1 aromatic carbocycles. The molecular formula is C15H24ClN. The Balaban J connectivity index is 2.50.